The lowest BCUT2D eigenvalue weighted by atomic mass is 10.0. The van der Waals surface area contributed by atoms with E-state index >= 15 is 4.39 Å². The highest BCUT2D eigenvalue weighted by Gasteiger charge is 2.16. The van der Waals surface area contributed by atoms with E-state index in [2.05, 4.69) is 4.98 Å². The molecule has 0 saturated carbocycles. The first-order valence-electron chi connectivity index (χ1n) is 9.88. The number of aromatic nitrogens is 2. The van der Waals surface area contributed by atoms with Crippen molar-refractivity contribution in [3.05, 3.63) is 98.3 Å². The van der Waals surface area contributed by atoms with Crippen LogP contribution in [0.2, 0.25) is 0 Å². The van der Waals surface area contributed by atoms with Crippen molar-refractivity contribution in [2.24, 2.45) is 0 Å². The summed E-state index contributed by atoms with van der Waals surface area (Å²) in [6, 6.07) is 12.9. The van der Waals surface area contributed by atoms with E-state index in [9.17, 15) is 14.0 Å². The minimum Gasteiger partial charge on any atom is -0.488 e. The molecule has 4 aromatic rings. The van der Waals surface area contributed by atoms with Gasteiger partial charge in [0.2, 0.25) is 0 Å². The highest BCUT2D eigenvalue weighted by atomic mass is 19.1. The SMILES string of the molecule is Cc1cc(Oc2ccc(F)cc2OCCn2ccc(=O)[nH]c2=O)c(F)c2cc(C#N)ccc12. The third kappa shape index (κ3) is 4.60. The number of H-pyrrole nitrogens is 1. The molecule has 0 bridgehead atoms. The molecule has 0 aliphatic rings. The molecule has 0 saturated heterocycles. The summed E-state index contributed by atoms with van der Waals surface area (Å²) in [7, 11) is 0. The van der Waals surface area contributed by atoms with E-state index in [1.54, 1.807) is 19.1 Å². The third-order valence-corrected chi connectivity index (χ3v) is 4.99. The molecule has 0 radical (unpaired) electrons. The minimum atomic E-state index is -0.664. The third-order valence-electron chi connectivity index (χ3n) is 4.99. The first-order valence-corrected chi connectivity index (χ1v) is 9.88. The van der Waals surface area contributed by atoms with Gasteiger partial charge < -0.3 is 9.47 Å². The Labute approximate surface area is 186 Å². The van der Waals surface area contributed by atoms with Gasteiger partial charge in [-0.15, -0.1) is 0 Å². The molecule has 3 aromatic carbocycles. The van der Waals surface area contributed by atoms with E-state index in [1.807, 2.05) is 6.07 Å². The van der Waals surface area contributed by atoms with E-state index in [0.717, 1.165) is 17.7 Å². The van der Waals surface area contributed by atoms with Gasteiger partial charge in [0.15, 0.2) is 23.1 Å². The van der Waals surface area contributed by atoms with Gasteiger partial charge in [-0.1, -0.05) is 6.07 Å². The Morgan fingerprint density at radius 2 is 1.82 bits per heavy atom. The van der Waals surface area contributed by atoms with Crippen LogP contribution in [0.1, 0.15) is 11.1 Å². The zero-order valence-corrected chi connectivity index (χ0v) is 17.4. The van der Waals surface area contributed by atoms with Gasteiger partial charge in [0.25, 0.3) is 5.56 Å². The smallest absolute Gasteiger partial charge is 0.328 e. The molecule has 9 heteroatoms. The summed E-state index contributed by atoms with van der Waals surface area (Å²) in [4.78, 5) is 25.1. The number of hydrogen-bond donors (Lipinski definition) is 1. The summed E-state index contributed by atoms with van der Waals surface area (Å²) in [6.07, 6.45) is 1.32. The highest BCUT2D eigenvalue weighted by Crippen LogP contribution is 2.37. The van der Waals surface area contributed by atoms with Crippen LogP contribution < -0.4 is 20.7 Å². The van der Waals surface area contributed by atoms with Crippen molar-refractivity contribution in [2.75, 3.05) is 6.61 Å². The summed E-state index contributed by atoms with van der Waals surface area (Å²) in [5.74, 6) is -1.28. The van der Waals surface area contributed by atoms with Gasteiger partial charge in [0.05, 0.1) is 18.2 Å². The molecule has 0 spiro atoms. The van der Waals surface area contributed by atoms with Crippen LogP contribution in [0.15, 0.2) is 64.3 Å². The van der Waals surface area contributed by atoms with Crippen molar-refractivity contribution in [1.29, 1.82) is 5.26 Å². The highest BCUT2D eigenvalue weighted by molar-refractivity contribution is 5.89. The number of rotatable bonds is 6. The van der Waals surface area contributed by atoms with E-state index in [-0.39, 0.29) is 35.8 Å². The van der Waals surface area contributed by atoms with Crippen LogP contribution in [-0.2, 0) is 6.54 Å². The van der Waals surface area contributed by atoms with Crippen LogP contribution in [0, 0.1) is 29.9 Å². The van der Waals surface area contributed by atoms with Crippen molar-refractivity contribution in [3.63, 3.8) is 0 Å². The van der Waals surface area contributed by atoms with Crippen LogP contribution in [0.5, 0.6) is 17.2 Å². The van der Waals surface area contributed by atoms with Gasteiger partial charge in [-0.25, -0.2) is 13.6 Å². The molecule has 166 valence electrons. The summed E-state index contributed by atoms with van der Waals surface area (Å²) in [5.41, 5.74) is -0.0889. The Bertz CT molecular complexity index is 1520. The summed E-state index contributed by atoms with van der Waals surface area (Å²) < 4.78 is 41.6. The quantitative estimate of drug-likeness (QED) is 0.480. The molecule has 0 aliphatic heterocycles. The van der Waals surface area contributed by atoms with Gasteiger partial charge in [-0.3, -0.25) is 14.3 Å². The lowest BCUT2D eigenvalue weighted by Gasteiger charge is -2.15. The van der Waals surface area contributed by atoms with E-state index in [0.29, 0.717) is 10.9 Å². The fourth-order valence-electron chi connectivity index (χ4n) is 3.36. The topological polar surface area (TPSA) is 97.1 Å². The van der Waals surface area contributed by atoms with Crippen molar-refractivity contribution in [1.82, 2.24) is 9.55 Å². The van der Waals surface area contributed by atoms with E-state index in [4.69, 9.17) is 14.7 Å². The largest absolute Gasteiger partial charge is 0.488 e. The first kappa shape index (κ1) is 21.8. The monoisotopic (exact) mass is 449 g/mol. The van der Waals surface area contributed by atoms with Gasteiger partial charge in [-0.2, -0.15) is 5.26 Å². The van der Waals surface area contributed by atoms with Crippen molar-refractivity contribution in [3.8, 4) is 23.3 Å². The number of benzene rings is 3. The number of aromatic amines is 1. The zero-order chi connectivity index (χ0) is 23.5. The molecular formula is C24H17F2N3O4. The maximum atomic E-state index is 15.2. The second-order valence-corrected chi connectivity index (χ2v) is 7.22. The predicted octanol–water partition coefficient (Wildman–Crippen LogP) is 4.02. The Morgan fingerprint density at radius 1 is 1.00 bits per heavy atom. The van der Waals surface area contributed by atoms with Crippen molar-refractivity contribution in [2.45, 2.75) is 13.5 Å². The van der Waals surface area contributed by atoms with Crippen molar-refractivity contribution >= 4 is 10.8 Å². The maximum absolute atomic E-state index is 15.2. The predicted molar refractivity (Wildman–Crippen MR) is 117 cm³/mol. The Hall–Kier alpha value is -4.45. The molecular weight excluding hydrogens is 432 g/mol. The number of nitriles is 1. The molecule has 1 N–H and O–H groups in total. The van der Waals surface area contributed by atoms with Crippen molar-refractivity contribution < 1.29 is 18.3 Å². The van der Waals surface area contributed by atoms with Gasteiger partial charge >= 0.3 is 5.69 Å². The number of halogens is 2. The van der Waals surface area contributed by atoms with E-state index in [1.165, 1.54) is 35.0 Å². The van der Waals surface area contributed by atoms with E-state index < -0.39 is 22.9 Å². The van der Waals surface area contributed by atoms with Crippen LogP contribution in [-0.4, -0.2) is 16.2 Å². The molecule has 33 heavy (non-hydrogen) atoms. The number of fused-ring (bicyclic) bond motifs is 1. The summed E-state index contributed by atoms with van der Waals surface area (Å²) in [6.45, 7) is 1.81. The fourth-order valence-corrected chi connectivity index (χ4v) is 3.36. The Morgan fingerprint density at radius 3 is 2.58 bits per heavy atom. The molecule has 7 nitrogen and oxygen atoms in total. The number of hydrogen-bond acceptors (Lipinski definition) is 5. The molecule has 1 heterocycles. The molecule has 0 fully saturated rings. The zero-order valence-electron chi connectivity index (χ0n) is 17.4. The average Bonchev–Trinajstić information content (AvgIpc) is 2.80. The number of ether oxygens (including phenoxy) is 2. The van der Waals surface area contributed by atoms with Crippen LogP contribution in [0.4, 0.5) is 8.78 Å². The molecule has 4 rings (SSSR count). The van der Waals surface area contributed by atoms with Crippen LogP contribution in [0.25, 0.3) is 10.8 Å². The van der Waals surface area contributed by atoms with Crippen LogP contribution in [0.3, 0.4) is 0 Å². The fraction of sp³-hybridized carbons (Fsp3) is 0.125. The molecule has 0 amide bonds. The van der Waals surface area contributed by atoms with Crippen LogP contribution >= 0.6 is 0 Å². The second kappa shape index (κ2) is 8.96. The molecule has 0 atom stereocenters. The average molecular weight is 449 g/mol. The molecule has 0 unspecified atom stereocenters. The maximum Gasteiger partial charge on any atom is 0.328 e. The summed E-state index contributed by atoms with van der Waals surface area (Å²) in [5, 5.41) is 9.99. The lowest BCUT2D eigenvalue weighted by molar-refractivity contribution is 0.280. The number of nitrogens with one attached hydrogen (secondary N) is 1. The van der Waals surface area contributed by atoms with Gasteiger partial charge in [0, 0.05) is 23.7 Å². The normalized spacial score (nSPS) is 10.7. The Balaban J connectivity index is 1.62. The number of nitrogens with zero attached hydrogens (tertiary/aromatic N) is 2. The van der Waals surface area contributed by atoms with Gasteiger partial charge in [-0.05, 0) is 48.2 Å². The molecule has 1 aromatic heterocycles. The second-order valence-electron chi connectivity index (χ2n) is 7.22. The lowest BCUT2D eigenvalue weighted by Crippen LogP contribution is -2.30. The summed E-state index contributed by atoms with van der Waals surface area (Å²) >= 11 is 0. The first-order chi connectivity index (χ1) is 15.9. The van der Waals surface area contributed by atoms with Gasteiger partial charge in [0.1, 0.15) is 12.4 Å². The minimum absolute atomic E-state index is 0.00963. The Kier molecular flexibility index (Phi) is 5.91. The number of aryl methyl sites for hydroxylation is 1. The standard InChI is InChI=1S/C24H17F2N3O4/c1-14-10-21(23(26)18-11-15(13-27)2-4-17(14)18)33-19-5-3-16(25)12-20(19)32-9-8-29-7-6-22(30)28-24(29)31/h2-7,10-12H,8-9H2,1H3,(H,28,30,31). The molecule has 0 aliphatic carbocycles.